The van der Waals surface area contributed by atoms with Gasteiger partial charge >= 0.3 is 0 Å². The van der Waals surface area contributed by atoms with E-state index < -0.39 is 5.82 Å². The number of aromatic nitrogens is 3. The summed E-state index contributed by atoms with van der Waals surface area (Å²) < 4.78 is 15.6. The van der Waals surface area contributed by atoms with Gasteiger partial charge < -0.3 is 21.8 Å². The van der Waals surface area contributed by atoms with Crippen molar-refractivity contribution < 1.29 is 4.39 Å². The number of aryl methyl sites for hydroxylation is 1. The zero-order valence-corrected chi connectivity index (χ0v) is 21.2. The van der Waals surface area contributed by atoms with E-state index in [0.29, 0.717) is 10.6 Å². The van der Waals surface area contributed by atoms with Crippen LogP contribution in [-0.2, 0) is 6.42 Å². The molecule has 1 fully saturated rings. The zero-order valence-electron chi connectivity index (χ0n) is 20.5. The maximum atomic E-state index is 13.9. The second-order valence-corrected chi connectivity index (χ2v) is 9.84. The van der Waals surface area contributed by atoms with Crippen LogP contribution in [0.15, 0.2) is 58.7 Å². The molecular weight excluding hydrogens is 493 g/mol. The number of nitrogens with zero attached hydrogens (tertiary/aromatic N) is 3. The molecule has 10 heteroatoms. The third kappa shape index (κ3) is 5.23. The van der Waals surface area contributed by atoms with Gasteiger partial charge in [-0.2, -0.15) is 5.10 Å². The number of halogens is 2. The quantitative estimate of drug-likeness (QED) is 0.215. The molecule has 3 aromatic heterocycles. The molecule has 0 amide bonds. The molecule has 0 radical (unpaired) electrons. The van der Waals surface area contributed by atoms with E-state index in [-0.39, 0.29) is 29.2 Å². The van der Waals surface area contributed by atoms with Crippen LogP contribution in [0.4, 0.5) is 15.8 Å². The maximum Gasteiger partial charge on any atom is 0.248 e. The molecule has 1 saturated carbocycles. The van der Waals surface area contributed by atoms with Crippen molar-refractivity contribution in [2.45, 2.75) is 51.1 Å². The fraction of sp³-hybridized carbons (Fsp3) is 0.296. The largest absolute Gasteiger partial charge is 0.383 e. The van der Waals surface area contributed by atoms with Gasteiger partial charge in [-0.3, -0.25) is 4.79 Å². The van der Waals surface area contributed by atoms with E-state index in [4.69, 9.17) is 23.1 Å². The Morgan fingerprint density at radius 3 is 2.81 bits per heavy atom. The highest BCUT2D eigenvalue weighted by atomic mass is 35.5. The van der Waals surface area contributed by atoms with Gasteiger partial charge in [-0.05, 0) is 61.4 Å². The number of nitrogens with two attached hydrogens (primary N) is 2. The molecule has 0 bridgehead atoms. The summed E-state index contributed by atoms with van der Waals surface area (Å²) in [6.45, 7) is 2.04. The first-order chi connectivity index (χ1) is 17.8. The summed E-state index contributed by atoms with van der Waals surface area (Å²) in [4.78, 5) is 19.3. The van der Waals surface area contributed by atoms with Gasteiger partial charge in [0.1, 0.15) is 11.7 Å². The van der Waals surface area contributed by atoms with E-state index >= 15 is 0 Å². The van der Waals surface area contributed by atoms with Crippen LogP contribution in [0.5, 0.6) is 0 Å². The van der Waals surface area contributed by atoms with Gasteiger partial charge in [0.25, 0.3) is 0 Å². The van der Waals surface area contributed by atoms with Crippen LogP contribution in [0.2, 0.25) is 5.02 Å². The van der Waals surface area contributed by atoms with Crippen LogP contribution in [0, 0.1) is 5.82 Å². The predicted molar refractivity (Wildman–Crippen MR) is 146 cm³/mol. The third-order valence-corrected chi connectivity index (χ3v) is 7.20. The van der Waals surface area contributed by atoms with Crippen molar-refractivity contribution in [1.82, 2.24) is 14.6 Å². The van der Waals surface area contributed by atoms with Crippen LogP contribution in [0.1, 0.15) is 43.7 Å². The van der Waals surface area contributed by atoms with E-state index in [9.17, 15) is 9.18 Å². The van der Waals surface area contributed by atoms with E-state index in [1.54, 1.807) is 23.0 Å². The van der Waals surface area contributed by atoms with E-state index in [2.05, 4.69) is 20.4 Å². The second kappa shape index (κ2) is 10.4. The Balaban J connectivity index is 1.65. The first kappa shape index (κ1) is 25.0. The van der Waals surface area contributed by atoms with Crippen LogP contribution in [-0.4, -0.2) is 32.5 Å². The van der Waals surface area contributed by atoms with E-state index in [1.807, 2.05) is 19.2 Å². The summed E-state index contributed by atoms with van der Waals surface area (Å²) >= 11 is 6.24. The number of amidine groups is 1. The fourth-order valence-electron chi connectivity index (χ4n) is 4.84. The molecule has 3 heterocycles. The second-order valence-electron chi connectivity index (χ2n) is 9.43. The normalized spacial score (nSPS) is 18.3. The molecule has 0 aliphatic heterocycles. The Kier molecular flexibility index (Phi) is 6.99. The minimum absolute atomic E-state index is 0.158. The number of benzene rings is 1. The van der Waals surface area contributed by atoms with Gasteiger partial charge in [-0.15, -0.1) is 0 Å². The van der Waals surface area contributed by atoms with Crippen molar-refractivity contribution in [2.75, 3.05) is 5.32 Å². The zero-order chi connectivity index (χ0) is 26.1. The highest BCUT2D eigenvalue weighted by Gasteiger charge is 2.22. The molecule has 0 unspecified atom stereocenters. The van der Waals surface area contributed by atoms with Crippen LogP contribution in [0.25, 0.3) is 16.6 Å². The van der Waals surface area contributed by atoms with Crippen LogP contribution in [0.3, 0.4) is 0 Å². The number of fused-ring (bicyclic) bond motifs is 1. The molecular formula is C27H29ClFN7O. The molecule has 1 aliphatic rings. The number of rotatable bonds is 6. The van der Waals surface area contributed by atoms with Crippen molar-refractivity contribution >= 4 is 34.3 Å². The highest BCUT2D eigenvalue weighted by Crippen LogP contribution is 2.33. The molecule has 8 nitrogen and oxygen atoms in total. The molecule has 6 N–H and O–H groups in total. The number of hydrogen-bond acceptors (Lipinski definition) is 5. The number of H-pyrrole nitrogens is 1. The minimum atomic E-state index is -0.456. The van der Waals surface area contributed by atoms with Crippen LogP contribution < -0.4 is 22.3 Å². The van der Waals surface area contributed by atoms with Crippen molar-refractivity contribution in [3.63, 3.8) is 0 Å². The smallest absolute Gasteiger partial charge is 0.248 e. The summed E-state index contributed by atoms with van der Waals surface area (Å²) in [6.07, 6.45) is 9.73. The summed E-state index contributed by atoms with van der Waals surface area (Å²) in [5.74, 6) is -0.298. The van der Waals surface area contributed by atoms with E-state index in [0.717, 1.165) is 60.0 Å². The molecule has 0 atom stereocenters. The lowest BCUT2D eigenvalue weighted by atomic mass is 9.91. The van der Waals surface area contributed by atoms with Gasteiger partial charge in [0.05, 0.1) is 33.7 Å². The fourth-order valence-corrected chi connectivity index (χ4v) is 5.00. The van der Waals surface area contributed by atoms with Crippen molar-refractivity contribution in [1.29, 1.82) is 0 Å². The number of nitrogens with one attached hydrogen (secondary N) is 2. The van der Waals surface area contributed by atoms with Gasteiger partial charge in [0.15, 0.2) is 0 Å². The lowest BCUT2D eigenvalue weighted by molar-refractivity contribution is 0.411. The SMILES string of the molecule is CCc1c[nH]c(=O)cc1-c1cc2c(NC3CCC(N)CC3)c(C(N)=Nc3cc(F)ccc3Cl)cnn2c1. The van der Waals surface area contributed by atoms with Gasteiger partial charge in [0, 0.05) is 42.2 Å². The third-order valence-electron chi connectivity index (χ3n) is 6.88. The molecule has 4 aromatic rings. The molecule has 1 aromatic carbocycles. The topological polar surface area (TPSA) is 127 Å². The Morgan fingerprint density at radius 2 is 2.05 bits per heavy atom. The van der Waals surface area contributed by atoms with Gasteiger partial charge in [-0.25, -0.2) is 13.9 Å². The number of hydrogen-bond donors (Lipinski definition) is 4. The Bertz CT molecular complexity index is 1540. The molecule has 0 spiro atoms. The summed E-state index contributed by atoms with van der Waals surface area (Å²) in [5.41, 5.74) is 17.5. The van der Waals surface area contributed by atoms with Crippen molar-refractivity contribution in [3.05, 3.63) is 81.2 Å². The molecule has 5 rings (SSSR count). The summed E-state index contributed by atoms with van der Waals surface area (Å²) in [5, 5.41) is 8.53. The van der Waals surface area contributed by atoms with E-state index in [1.165, 1.54) is 18.2 Å². The number of pyridine rings is 1. The van der Waals surface area contributed by atoms with Gasteiger partial charge in [0.2, 0.25) is 5.56 Å². The molecule has 1 aliphatic carbocycles. The number of aromatic amines is 1. The lowest BCUT2D eigenvalue weighted by Gasteiger charge is -2.28. The number of anilines is 1. The average Bonchev–Trinajstić information content (AvgIpc) is 3.32. The minimum Gasteiger partial charge on any atom is -0.383 e. The van der Waals surface area contributed by atoms with Crippen LogP contribution >= 0.6 is 11.6 Å². The Hall–Kier alpha value is -3.69. The first-order valence-corrected chi connectivity index (χ1v) is 12.7. The monoisotopic (exact) mass is 521 g/mol. The standard InChI is InChI=1S/C27H29ClFN7O/c1-2-15-12-32-25(37)11-20(15)16-9-24-26(34-19-6-4-18(30)5-7-19)21(13-33-36(24)14-16)27(31)35-23-10-17(29)3-8-22(23)28/h3,8-14,18-19,34H,2,4-7,30H2,1H3,(H2,31,35)(H,32,37). The Labute approximate surface area is 218 Å². The van der Waals surface area contributed by atoms with Crippen molar-refractivity contribution in [2.24, 2.45) is 16.5 Å². The first-order valence-electron chi connectivity index (χ1n) is 12.4. The highest BCUT2D eigenvalue weighted by molar-refractivity contribution is 6.33. The molecule has 37 heavy (non-hydrogen) atoms. The van der Waals surface area contributed by atoms with Crippen molar-refractivity contribution in [3.8, 4) is 11.1 Å². The summed E-state index contributed by atoms with van der Waals surface area (Å²) in [7, 11) is 0. The predicted octanol–water partition coefficient (Wildman–Crippen LogP) is 4.76. The Morgan fingerprint density at radius 1 is 1.27 bits per heavy atom. The maximum absolute atomic E-state index is 13.9. The molecule has 192 valence electrons. The summed E-state index contributed by atoms with van der Waals surface area (Å²) in [6, 6.07) is 7.95. The lowest BCUT2D eigenvalue weighted by Crippen LogP contribution is -2.33. The number of aliphatic imine (C=N–C) groups is 1. The van der Waals surface area contributed by atoms with Gasteiger partial charge in [-0.1, -0.05) is 18.5 Å². The average molecular weight is 522 g/mol. The molecule has 0 saturated heterocycles.